The second kappa shape index (κ2) is 7.90. The van der Waals surface area contributed by atoms with Crippen LogP contribution in [0.5, 0.6) is 0 Å². The van der Waals surface area contributed by atoms with Gasteiger partial charge in [-0.2, -0.15) is 0 Å². The van der Waals surface area contributed by atoms with Gasteiger partial charge in [0.2, 0.25) is 11.3 Å². The number of hydrogen-bond donors (Lipinski definition) is 1. The Kier molecular flexibility index (Phi) is 5.18. The summed E-state index contributed by atoms with van der Waals surface area (Å²) in [6, 6.07) is 12.2. The molecule has 3 aromatic rings. The quantitative estimate of drug-likeness (QED) is 0.533. The summed E-state index contributed by atoms with van der Waals surface area (Å²) in [5, 5.41) is 3.78. The van der Waals surface area contributed by atoms with E-state index < -0.39 is 0 Å². The fourth-order valence-electron chi connectivity index (χ4n) is 3.26. The van der Waals surface area contributed by atoms with E-state index in [4.69, 9.17) is 13.9 Å². The lowest BCUT2D eigenvalue weighted by Gasteiger charge is -2.10. The van der Waals surface area contributed by atoms with Crippen molar-refractivity contribution in [1.82, 2.24) is 0 Å². The number of nitrogens with one attached hydrogen (secondary N) is 1. The third kappa shape index (κ3) is 4.02. The average molecular weight is 367 g/mol. The van der Waals surface area contributed by atoms with E-state index in [1.807, 2.05) is 6.07 Å². The van der Waals surface area contributed by atoms with Crippen molar-refractivity contribution in [2.24, 2.45) is 0 Å². The van der Waals surface area contributed by atoms with Gasteiger partial charge in [-0.15, -0.1) is 0 Å². The first kappa shape index (κ1) is 17.7. The molecule has 6 heteroatoms. The number of carbonyl (C=O) groups excluding carboxylic acids is 1. The van der Waals surface area contributed by atoms with Gasteiger partial charge < -0.3 is 19.2 Å². The number of ether oxygens (including phenoxy) is 2. The van der Waals surface area contributed by atoms with Gasteiger partial charge >= 0.3 is 0 Å². The second-order valence-electron chi connectivity index (χ2n) is 6.65. The summed E-state index contributed by atoms with van der Waals surface area (Å²) in [6.07, 6.45) is 2.49. The van der Waals surface area contributed by atoms with Crippen molar-refractivity contribution in [2.45, 2.75) is 25.4 Å². The molecule has 1 amide bonds. The summed E-state index contributed by atoms with van der Waals surface area (Å²) in [5.74, 6) is -0.160. The molecule has 0 spiro atoms. The van der Waals surface area contributed by atoms with Crippen molar-refractivity contribution in [3.63, 3.8) is 0 Å². The Bertz CT molecular complexity index is 1020. The number of hydrogen-bond acceptors (Lipinski definition) is 5. The van der Waals surface area contributed by atoms with Gasteiger partial charge in [-0.3, -0.25) is 9.59 Å². The van der Waals surface area contributed by atoms with Crippen LogP contribution in [0.4, 0.5) is 5.69 Å². The summed E-state index contributed by atoms with van der Waals surface area (Å²) in [5.41, 5.74) is 1.50. The van der Waals surface area contributed by atoms with E-state index in [9.17, 15) is 9.59 Å². The Hall–Kier alpha value is -2.70. The number of para-hydroxylation sites is 1. The van der Waals surface area contributed by atoms with Crippen LogP contribution in [0.1, 0.15) is 19.3 Å². The van der Waals surface area contributed by atoms with E-state index >= 15 is 0 Å². The minimum absolute atomic E-state index is 0.108. The summed E-state index contributed by atoms with van der Waals surface area (Å²) in [4.78, 5) is 24.8. The SMILES string of the molecule is O=C(CCOC[C@H]1CCCO1)Nc1ccc2oc3ccccc3c(=O)c2c1. The van der Waals surface area contributed by atoms with Crippen LogP contribution < -0.4 is 10.7 Å². The van der Waals surface area contributed by atoms with E-state index in [1.165, 1.54) is 0 Å². The molecule has 6 nitrogen and oxygen atoms in total. The Morgan fingerprint density at radius 3 is 2.85 bits per heavy atom. The predicted molar refractivity (Wildman–Crippen MR) is 103 cm³/mol. The maximum atomic E-state index is 12.7. The van der Waals surface area contributed by atoms with Crippen molar-refractivity contribution in [2.75, 3.05) is 25.1 Å². The van der Waals surface area contributed by atoms with E-state index in [1.54, 1.807) is 36.4 Å². The smallest absolute Gasteiger partial charge is 0.226 e. The van der Waals surface area contributed by atoms with Gasteiger partial charge in [-0.1, -0.05) is 12.1 Å². The van der Waals surface area contributed by atoms with Gasteiger partial charge in [-0.05, 0) is 43.2 Å². The van der Waals surface area contributed by atoms with Crippen LogP contribution in [0, 0.1) is 0 Å². The van der Waals surface area contributed by atoms with E-state index in [0.29, 0.717) is 40.8 Å². The standard InChI is InChI=1S/C21H21NO5/c23-20(9-11-25-13-15-4-3-10-26-15)22-14-7-8-19-17(12-14)21(24)16-5-1-2-6-18(16)27-19/h1-2,5-8,12,15H,3-4,9-11,13H2,(H,22,23)/t15-/m1/s1. The first-order valence-electron chi connectivity index (χ1n) is 9.15. The van der Waals surface area contributed by atoms with Gasteiger partial charge in [0.15, 0.2) is 0 Å². The monoisotopic (exact) mass is 367 g/mol. The lowest BCUT2D eigenvalue weighted by Crippen LogP contribution is -2.18. The Labute approximate surface area is 156 Å². The molecular weight excluding hydrogens is 346 g/mol. The predicted octanol–water partition coefficient (Wildman–Crippen LogP) is 3.47. The molecule has 4 rings (SSSR count). The number of anilines is 1. The van der Waals surface area contributed by atoms with Crippen LogP contribution in [-0.4, -0.2) is 31.8 Å². The molecule has 0 radical (unpaired) electrons. The second-order valence-corrected chi connectivity index (χ2v) is 6.65. The van der Waals surface area contributed by atoms with Crippen LogP contribution in [0.3, 0.4) is 0 Å². The molecule has 2 aromatic carbocycles. The van der Waals surface area contributed by atoms with Gasteiger partial charge in [0, 0.05) is 12.3 Å². The first-order valence-corrected chi connectivity index (χ1v) is 9.15. The van der Waals surface area contributed by atoms with Crippen LogP contribution in [-0.2, 0) is 14.3 Å². The van der Waals surface area contributed by atoms with E-state index in [-0.39, 0.29) is 23.9 Å². The maximum absolute atomic E-state index is 12.7. The van der Waals surface area contributed by atoms with Crippen LogP contribution in [0.25, 0.3) is 21.9 Å². The Morgan fingerprint density at radius 1 is 1.15 bits per heavy atom. The number of rotatable bonds is 6. The molecule has 0 saturated carbocycles. The lowest BCUT2D eigenvalue weighted by molar-refractivity contribution is -0.117. The summed E-state index contributed by atoms with van der Waals surface area (Å²) in [6.45, 7) is 1.66. The van der Waals surface area contributed by atoms with Crippen molar-refractivity contribution in [3.8, 4) is 0 Å². The molecule has 1 atom stereocenters. The Morgan fingerprint density at radius 2 is 2.00 bits per heavy atom. The molecule has 0 aliphatic carbocycles. The van der Waals surface area contributed by atoms with Crippen LogP contribution >= 0.6 is 0 Å². The normalized spacial score (nSPS) is 16.8. The molecule has 1 fully saturated rings. The number of benzene rings is 2. The molecule has 140 valence electrons. The molecule has 0 bridgehead atoms. The fourth-order valence-corrected chi connectivity index (χ4v) is 3.26. The largest absolute Gasteiger partial charge is 0.456 e. The maximum Gasteiger partial charge on any atom is 0.226 e. The van der Waals surface area contributed by atoms with Crippen molar-refractivity contribution >= 4 is 33.5 Å². The van der Waals surface area contributed by atoms with Crippen molar-refractivity contribution < 1.29 is 18.7 Å². The van der Waals surface area contributed by atoms with Gasteiger partial charge in [0.05, 0.1) is 36.5 Å². The van der Waals surface area contributed by atoms with Crippen molar-refractivity contribution in [1.29, 1.82) is 0 Å². The molecule has 0 unspecified atom stereocenters. The highest BCUT2D eigenvalue weighted by molar-refractivity contribution is 5.95. The first-order chi connectivity index (χ1) is 13.2. The van der Waals surface area contributed by atoms with Gasteiger partial charge in [0.1, 0.15) is 11.2 Å². The molecule has 27 heavy (non-hydrogen) atoms. The fraction of sp³-hybridized carbons (Fsp3) is 0.333. The Balaban J connectivity index is 1.41. The molecule has 2 heterocycles. The van der Waals surface area contributed by atoms with Crippen LogP contribution in [0.2, 0.25) is 0 Å². The molecule has 1 aromatic heterocycles. The molecule has 1 aliphatic rings. The zero-order valence-electron chi connectivity index (χ0n) is 14.9. The molecule has 1 saturated heterocycles. The third-order valence-electron chi connectivity index (χ3n) is 4.66. The zero-order valence-corrected chi connectivity index (χ0v) is 14.9. The topological polar surface area (TPSA) is 77.8 Å². The number of fused-ring (bicyclic) bond motifs is 2. The summed E-state index contributed by atoms with van der Waals surface area (Å²) >= 11 is 0. The molecule has 1 aliphatic heterocycles. The van der Waals surface area contributed by atoms with Gasteiger partial charge in [-0.25, -0.2) is 0 Å². The zero-order chi connectivity index (χ0) is 18.6. The van der Waals surface area contributed by atoms with E-state index in [2.05, 4.69) is 5.32 Å². The third-order valence-corrected chi connectivity index (χ3v) is 4.66. The summed E-state index contributed by atoms with van der Waals surface area (Å²) in [7, 11) is 0. The highest BCUT2D eigenvalue weighted by atomic mass is 16.5. The number of amides is 1. The number of carbonyl (C=O) groups is 1. The summed E-state index contributed by atoms with van der Waals surface area (Å²) < 4.78 is 16.8. The highest BCUT2D eigenvalue weighted by Gasteiger charge is 2.15. The van der Waals surface area contributed by atoms with Crippen LogP contribution in [0.15, 0.2) is 51.7 Å². The molecule has 1 N–H and O–H groups in total. The average Bonchev–Trinajstić information content (AvgIpc) is 3.20. The lowest BCUT2D eigenvalue weighted by atomic mass is 10.1. The minimum atomic E-state index is -0.160. The highest BCUT2D eigenvalue weighted by Crippen LogP contribution is 2.21. The minimum Gasteiger partial charge on any atom is -0.456 e. The van der Waals surface area contributed by atoms with Gasteiger partial charge in [0.25, 0.3) is 0 Å². The van der Waals surface area contributed by atoms with E-state index in [0.717, 1.165) is 19.4 Å². The molecular formula is C21H21NO5. The van der Waals surface area contributed by atoms with Crippen molar-refractivity contribution in [3.05, 3.63) is 52.7 Å².